The third kappa shape index (κ3) is 4.92. The van der Waals surface area contributed by atoms with Crippen molar-refractivity contribution in [3.05, 3.63) is 34.6 Å². The lowest BCUT2D eigenvalue weighted by atomic mass is 10.1. The maximum atomic E-state index is 13.3. The van der Waals surface area contributed by atoms with Crippen LogP contribution in [0.4, 0.5) is 4.39 Å². The molecule has 0 unspecified atom stereocenters. The summed E-state index contributed by atoms with van der Waals surface area (Å²) in [6.45, 7) is 2.38. The monoisotopic (exact) mass is 245 g/mol. The fourth-order valence-corrected chi connectivity index (χ4v) is 1.63. The molecular weight excluding hydrogens is 229 g/mol. The molecule has 0 aliphatic carbocycles. The second-order valence-electron chi connectivity index (χ2n) is 3.58. The van der Waals surface area contributed by atoms with E-state index in [1.807, 2.05) is 0 Å². The standard InChI is InChI=1S/C12H17ClFNO/c1-16-8-7-15-6-2-3-10-9-11(13)4-5-12(10)14/h4-5,9,15H,2-3,6-8H2,1H3. The molecule has 0 aliphatic rings. The van der Waals surface area contributed by atoms with Crippen LogP contribution in [0, 0.1) is 5.82 Å². The fraction of sp³-hybridized carbons (Fsp3) is 0.500. The van der Waals surface area contributed by atoms with Gasteiger partial charge in [-0.1, -0.05) is 11.6 Å². The first-order valence-electron chi connectivity index (χ1n) is 5.37. The normalized spacial score (nSPS) is 10.7. The lowest BCUT2D eigenvalue weighted by molar-refractivity contribution is 0.199. The van der Waals surface area contributed by atoms with Crippen LogP contribution in [0.5, 0.6) is 0 Å². The molecule has 0 saturated carbocycles. The van der Waals surface area contributed by atoms with E-state index in [-0.39, 0.29) is 5.82 Å². The quantitative estimate of drug-likeness (QED) is 0.746. The van der Waals surface area contributed by atoms with Crippen LogP contribution in [-0.2, 0) is 11.2 Å². The van der Waals surface area contributed by atoms with E-state index < -0.39 is 0 Å². The van der Waals surface area contributed by atoms with E-state index in [2.05, 4.69) is 5.32 Å². The Labute approximate surface area is 101 Å². The van der Waals surface area contributed by atoms with Gasteiger partial charge in [0.2, 0.25) is 0 Å². The minimum absolute atomic E-state index is 0.179. The number of rotatable bonds is 7. The first-order chi connectivity index (χ1) is 7.74. The largest absolute Gasteiger partial charge is 0.383 e. The summed E-state index contributed by atoms with van der Waals surface area (Å²) in [6, 6.07) is 4.67. The van der Waals surface area contributed by atoms with Gasteiger partial charge in [0.15, 0.2) is 0 Å². The SMILES string of the molecule is COCCNCCCc1cc(Cl)ccc1F. The topological polar surface area (TPSA) is 21.3 Å². The van der Waals surface area contributed by atoms with Gasteiger partial charge in [0, 0.05) is 18.7 Å². The Hall–Kier alpha value is -0.640. The highest BCUT2D eigenvalue weighted by atomic mass is 35.5. The van der Waals surface area contributed by atoms with Crippen LogP contribution >= 0.6 is 11.6 Å². The Bertz CT molecular complexity index is 320. The molecule has 90 valence electrons. The molecule has 0 bridgehead atoms. The molecule has 16 heavy (non-hydrogen) atoms. The summed E-state index contributed by atoms with van der Waals surface area (Å²) in [4.78, 5) is 0. The Morgan fingerprint density at radius 3 is 2.94 bits per heavy atom. The predicted molar refractivity (Wildman–Crippen MR) is 64.5 cm³/mol. The van der Waals surface area contributed by atoms with Crippen molar-refractivity contribution in [2.45, 2.75) is 12.8 Å². The van der Waals surface area contributed by atoms with Crippen LogP contribution in [0.15, 0.2) is 18.2 Å². The van der Waals surface area contributed by atoms with Gasteiger partial charge in [0.05, 0.1) is 6.61 Å². The van der Waals surface area contributed by atoms with E-state index >= 15 is 0 Å². The molecule has 0 fully saturated rings. The fourth-order valence-electron chi connectivity index (χ4n) is 1.44. The summed E-state index contributed by atoms with van der Waals surface area (Å²) in [5.74, 6) is -0.179. The molecule has 0 atom stereocenters. The second-order valence-corrected chi connectivity index (χ2v) is 4.02. The van der Waals surface area contributed by atoms with E-state index in [1.54, 1.807) is 19.2 Å². The molecule has 0 aromatic heterocycles. The molecular formula is C12H17ClFNO. The van der Waals surface area contributed by atoms with Crippen LogP contribution in [0.3, 0.4) is 0 Å². The molecule has 1 aromatic rings. The Balaban J connectivity index is 2.23. The van der Waals surface area contributed by atoms with Crippen molar-refractivity contribution < 1.29 is 9.13 Å². The number of hydrogen-bond donors (Lipinski definition) is 1. The van der Waals surface area contributed by atoms with Crippen molar-refractivity contribution in [2.24, 2.45) is 0 Å². The van der Waals surface area contributed by atoms with Gasteiger partial charge in [-0.15, -0.1) is 0 Å². The Kier molecular flexibility index (Phi) is 6.38. The number of halogens is 2. The Morgan fingerprint density at radius 1 is 1.38 bits per heavy atom. The maximum Gasteiger partial charge on any atom is 0.126 e. The summed E-state index contributed by atoms with van der Waals surface area (Å²) in [7, 11) is 1.67. The third-order valence-corrected chi connectivity index (χ3v) is 2.53. The minimum atomic E-state index is -0.179. The van der Waals surface area contributed by atoms with Crippen LogP contribution in [0.2, 0.25) is 5.02 Å². The molecule has 0 heterocycles. The van der Waals surface area contributed by atoms with Gasteiger partial charge in [0.1, 0.15) is 5.82 Å². The van der Waals surface area contributed by atoms with Gasteiger partial charge in [-0.25, -0.2) is 4.39 Å². The molecule has 0 aliphatic heterocycles. The van der Waals surface area contributed by atoms with E-state index in [9.17, 15) is 4.39 Å². The Morgan fingerprint density at radius 2 is 2.19 bits per heavy atom. The van der Waals surface area contributed by atoms with Gasteiger partial charge in [-0.3, -0.25) is 0 Å². The van der Waals surface area contributed by atoms with Crippen molar-refractivity contribution in [1.82, 2.24) is 5.32 Å². The summed E-state index contributed by atoms with van der Waals surface area (Å²) in [6.07, 6.45) is 1.59. The highest BCUT2D eigenvalue weighted by molar-refractivity contribution is 6.30. The first kappa shape index (κ1) is 13.4. The number of methoxy groups -OCH3 is 1. The zero-order valence-corrected chi connectivity index (χ0v) is 10.2. The number of benzene rings is 1. The average molecular weight is 246 g/mol. The second kappa shape index (κ2) is 7.60. The van der Waals surface area contributed by atoms with Gasteiger partial charge < -0.3 is 10.1 Å². The van der Waals surface area contributed by atoms with Crippen LogP contribution in [0.25, 0.3) is 0 Å². The molecule has 2 nitrogen and oxygen atoms in total. The van der Waals surface area contributed by atoms with Crippen molar-refractivity contribution in [3.63, 3.8) is 0 Å². The summed E-state index contributed by atoms with van der Waals surface area (Å²) >= 11 is 5.80. The van der Waals surface area contributed by atoms with E-state index in [0.29, 0.717) is 23.6 Å². The molecule has 0 amide bonds. The molecule has 0 spiro atoms. The highest BCUT2D eigenvalue weighted by Crippen LogP contribution is 2.15. The van der Waals surface area contributed by atoms with Crippen LogP contribution in [0.1, 0.15) is 12.0 Å². The lowest BCUT2D eigenvalue weighted by Gasteiger charge is -2.05. The van der Waals surface area contributed by atoms with E-state index in [0.717, 1.165) is 19.5 Å². The first-order valence-corrected chi connectivity index (χ1v) is 5.75. The summed E-state index contributed by atoms with van der Waals surface area (Å²) in [5, 5.41) is 3.80. The zero-order chi connectivity index (χ0) is 11.8. The minimum Gasteiger partial charge on any atom is -0.383 e. The number of nitrogens with one attached hydrogen (secondary N) is 1. The molecule has 4 heteroatoms. The average Bonchev–Trinajstić information content (AvgIpc) is 2.28. The smallest absolute Gasteiger partial charge is 0.126 e. The van der Waals surface area contributed by atoms with Gasteiger partial charge in [-0.2, -0.15) is 0 Å². The lowest BCUT2D eigenvalue weighted by Crippen LogP contribution is -2.20. The van der Waals surface area contributed by atoms with Crippen LogP contribution in [-0.4, -0.2) is 26.8 Å². The van der Waals surface area contributed by atoms with Crippen molar-refractivity contribution in [2.75, 3.05) is 26.8 Å². The molecule has 0 saturated heterocycles. The molecule has 1 aromatic carbocycles. The molecule has 1 N–H and O–H groups in total. The van der Waals surface area contributed by atoms with E-state index in [4.69, 9.17) is 16.3 Å². The predicted octanol–water partition coefficient (Wildman–Crippen LogP) is 2.65. The summed E-state index contributed by atoms with van der Waals surface area (Å²) < 4.78 is 18.2. The zero-order valence-electron chi connectivity index (χ0n) is 9.43. The highest BCUT2D eigenvalue weighted by Gasteiger charge is 2.02. The number of hydrogen-bond acceptors (Lipinski definition) is 2. The van der Waals surface area contributed by atoms with Crippen molar-refractivity contribution in [1.29, 1.82) is 0 Å². The van der Waals surface area contributed by atoms with Gasteiger partial charge >= 0.3 is 0 Å². The number of ether oxygens (including phenoxy) is 1. The summed E-state index contributed by atoms with van der Waals surface area (Å²) in [5.41, 5.74) is 0.682. The van der Waals surface area contributed by atoms with Crippen molar-refractivity contribution in [3.8, 4) is 0 Å². The third-order valence-electron chi connectivity index (χ3n) is 2.29. The van der Waals surface area contributed by atoms with Gasteiger partial charge in [0.25, 0.3) is 0 Å². The maximum absolute atomic E-state index is 13.3. The number of aryl methyl sites for hydroxylation is 1. The molecule has 1 rings (SSSR count). The van der Waals surface area contributed by atoms with Crippen molar-refractivity contribution >= 4 is 11.6 Å². The van der Waals surface area contributed by atoms with Gasteiger partial charge in [-0.05, 0) is 43.1 Å². The molecule has 0 radical (unpaired) electrons. The van der Waals surface area contributed by atoms with Crippen LogP contribution < -0.4 is 5.32 Å². The van der Waals surface area contributed by atoms with E-state index in [1.165, 1.54) is 6.07 Å².